The number of carbonyl (C=O) groups excluding carboxylic acids is 1. The molecule has 0 spiro atoms. The highest BCUT2D eigenvalue weighted by molar-refractivity contribution is 5.93. The highest BCUT2D eigenvalue weighted by Crippen LogP contribution is 2.30. The van der Waals surface area contributed by atoms with Crippen LogP contribution in [0.5, 0.6) is 11.5 Å². The number of non-ortho nitro benzene ring substituents is 1. The molecule has 1 amide bonds. The maximum Gasteiger partial charge on any atom is 0.311 e. The summed E-state index contributed by atoms with van der Waals surface area (Å²) in [5, 5.41) is 24.0. The van der Waals surface area contributed by atoms with Gasteiger partial charge in [0.15, 0.2) is 6.61 Å². The minimum Gasteiger partial charge on any atom is -0.494 e. The Labute approximate surface area is 145 Å². The van der Waals surface area contributed by atoms with Gasteiger partial charge in [0.25, 0.3) is 11.6 Å². The average molecular weight is 365 g/mol. The summed E-state index contributed by atoms with van der Waals surface area (Å²) in [7, 11) is 1.27. The van der Waals surface area contributed by atoms with E-state index in [0.29, 0.717) is 0 Å². The van der Waals surface area contributed by atoms with Crippen LogP contribution in [-0.4, -0.2) is 29.5 Å². The molecule has 0 aliphatic carbocycles. The number of nitro groups is 2. The van der Waals surface area contributed by atoms with Crippen LogP contribution >= 0.6 is 0 Å². The molecule has 0 radical (unpaired) electrons. The lowest BCUT2D eigenvalue weighted by atomic mass is 10.2. The maximum atomic E-state index is 13.2. The van der Waals surface area contributed by atoms with Gasteiger partial charge in [-0.1, -0.05) is 0 Å². The summed E-state index contributed by atoms with van der Waals surface area (Å²) in [6, 6.07) is 6.15. The SMILES string of the molecule is COc1cc([N+](=O)[O-])ccc1NC(=O)COc1cc(F)ccc1[N+](=O)[O-]. The number of ether oxygens (including phenoxy) is 2. The fourth-order valence-corrected chi connectivity index (χ4v) is 1.98. The van der Waals surface area contributed by atoms with Crippen molar-refractivity contribution in [2.75, 3.05) is 19.0 Å². The topological polar surface area (TPSA) is 134 Å². The fourth-order valence-electron chi connectivity index (χ4n) is 1.98. The van der Waals surface area contributed by atoms with Crippen LogP contribution in [0.3, 0.4) is 0 Å². The number of halogens is 1. The van der Waals surface area contributed by atoms with Crippen molar-refractivity contribution in [1.82, 2.24) is 0 Å². The van der Waals surface area contributed by atoms with Gasteiger partial charge in [-0.05, 0) is 12.1 Å². The molecular weight excluding hydrogens is 353 g/mol. The van der Waals surface area contributed by atoms with Crippen LogP contribution in [0.25, 0.3) is 0 Å². The molecule has 2 aromatic rings. The quantitative estimate of drug-likeness (QED) is 0.589. The van der Waals surface area contributed by atoms with E-state index in [9.17, 15) is 29.4 Å². The molecule has 0 aliphatic heterocycles. The van der Waals surface area contributed by atoms with Gasteiger partial charge in [-0.15, -0.1) is 0 Å². The van der Waals surface area contributed by atoms with E-state index in [2.05, 4.69) is 5.32 Å². The van der Waals surface area contributed by atoms with Crippen LogP contribution in [0.4, 0.5) is 21.5 Å². The number of hydrogen-bond acceptors (Lipinski definition) is 7. The molecule has 0 atom stereocenters. The predicted molar refractivity (Wildman–Crippen MR) is 86.8 cm³/mol. The number of nitro benzene ring substituents is 2. The number of nitrogens with one attached hydrogen (secondary N) is 1. The number of rotatable bonds is 7. The van der Waals surface area contributed by atoms with Gasteiger partial charge in [0, 0.05) is 18.2 Å². The molecule has 0 saturated carbocycles. The van der Waals surface area contributed by atoms with Gasteiger partial charge in [0.2, 0.25) is 5.75 Å². The van der Waals surface area contributed by atoms with E-state index in [1.54, 1.807) is 0 Å². The first-order chi connectivity index (χ1) is 12.3. The second-order valence-corrected chi connectivity index (χ2v) is 4.85. The lowest BCUT2D eigenvalue weighted by Gasteiger charge is -2.11. The van der Waals surface area contributed by atoms with Crippen LogP contribution in [-0.2, 0) is 4.79 Å². The lowest BCUT2D eigenvalue weighted by Crippen LogP contribution is -2.21. The first-order valence-corrected chi connectivity index (χ1v) is 7.01. The Morgan fingerprint density at radius 3 is 2.46 bits per heavy atom. The number of amides is 1. The molecule has 0 unspecified atom stereocenters. The summed E-state index contributed by atoms with van der Waals surface area (Å²) in [6.45, 7) is -0.648. The third-order valence-corrected chi connectivity index (χ3v) is 3.15. The van der Waals surface area contributed by atoms with Gasteiger partial charge in [0.05, 0.1) is 28.7 Å². The van der Waals surface area contributed by atoms with Crippen LogP contribution in [0.15, 0.2) is 36.4 Å². The highest BCUT2D eigenvalue weighted by Gasteiger charge is 2.18. The van der Waals surface area contributed by atoms with Crippen molar-refractivity contribution in [3.63, 3.8) is 0 Å². The zero-order chi connectivity index (χ0) is 19.3. The minimum absolute atomic E-state index is 0.0456. The van der Waals surface area contributed by atoms with Crippen LogP contribution < -0.4 is 14.8 Å². The Morgan fingerprint density at radius 1 is 1.12 bits per heavy atom. The zero-order valence-corrected chi connectivity index (χ0v) is 13.3. The van der Waals surface area contributed by atoms with E-state index in [4.69, 9.17) is 9.47 Å². The number of anilines is 1. The third kappa shape index (κ3) is 4.41. The van der Waals surface area contributed by atoms with E-state index in [1.165, 1.54) is 13.2 Å². The van der Waals surface area contributed by atoms with Gasteiger partial charge < -0.3 is 14.8 Å². The zero-order valence-electron chi connectivity index (χ0n) is 13.3. The van der Waals surface area contributed by atoms with E-state index in [-0.39, 0.29) is 17.1 Å². The molecule has 0 aromatic heterocycles. The summed E-state index contributed by atoms with van der Waals surface area (Å²) >= 11 is 0. The van der Waals surface area contributed by atoms with E-state index in [0.717, 1.165) is 30.3 Å². The molecule has 0 fully saturated rings. The normalized spacial score (nSPS) is 10.1. The number of hydrogen-bond donors (Lipinski definition) is 1. The molecule has 11 heteroatoms. The third-order valence-electron chi connectivity index (χ3n) is 3.15. The van der Waals surface area contributed by atoms with E-state index < -0.39 is 39.6 Å². The summed E-state index contributed by atoms with van der Waals surface area (Å²) in [5.41, 5.74) is -0.584. The van der Waals surface area contributed by atoms with Crippen molar-refractivity contribution in [3.8, 4) is 11.5 Å². The molecule has 2 rings (SSSR count). The van der Waals surface area contributed by atoms with Gasteiger partial charge in [-0.2, -0.15) is 0 Å². The summed E-state index contributed by atoms with van der Waals surface area (Å²) < 4.78 is 23.2. The minimum atomic E-state index is -0.772. The number of benzene rings is 2. The molecule has 0 aliphatic rings. The standard InChI is InChI=1S/C15H12FN3O7/c1-25-13-7-10(18(21)22)3-4-11(13)17-15(20)8-26-14-6-9(16)2-5-12(14)19(23)24/h2-7H,8H2,1H3,(H,17,20). The van der Waals surface area contributed by atoms with Crippen LogP contribution in [0, 0.1) is 26.0 Å². The molecule has 136 valence electrons. The Kier molecular flexibility index (Phi) is 5.63. The molecule has 0 bridgehead atoms. The second-order valence-electron chi connectivity index (χ2n) is 4.85. The Balaban J connectivity index is 2.09. The predicted octanol–water partition coefficient (Wildman–Crippen LogP) is 2.67. The van der Waals surface area contributed by atoms with Crippen molar-refractivity contribution in [1.29, 1.82) is 0 Å². The van der Waals surface area contributed by atoms with Crippen LogP contribution in [0.1, 0.15) is 0 Å². The number of carbonyl (C=O) groups is 1. The summed E-state index contributed by atoms with van der Waals surface area (Å²) in [5.74, 6) is -1.84. The Hall–Kier alpha value is -3.76. The van der Waals surface area contributed by atoms with Gasteiger partial charge >= 0.3 is 5.69 Å². The fraction of sp³-hybridized carbons (Fsp3) is 0.133. The molecular formula is C15H12FN3O7. The maximum absolute atomic E-state index is 13.2. The Bertz CT molecular complexity index is 872. The van der Waals surface area contributed by atoms with Crippen molar-refractivity contribution < 1.29 is 28.5 Å². The first-order valence-electron chi connectivity index (χ1n) is 7.01. The first kappa shape index (κ1) is 18.6. The molecule has 0 heterocycles. The number of nitrogens with zero attached hydrogens (tertiary/aromatic N) is 2. The smallest absolute Gasteiger partial charge is 0.311 e. The van der Waals surface area contributed by atoms with Crippen molar-refractivity contribution in [2.24, 2.45) is 0 Å². The van der Waals surface area contributed by atoms with Crippen molar-refractivity contribution >= 4 is 23.0 Å². The van der Waals surface area contributed by atoms with E-state index in [1.807, 2.05) is 0 Å². The lowest BCUT2D eigenvalue weighted by molar-refractivity contribution is -0.385. The molecule has 1 N–H and O–H groups in total. The molecule has 0 saturated heterocycles. The highest BCUT2D eigenvalue weighted by atomic mass is 19.1. The molecule has 2 aromatic carbocycles. The molecule has 26 heavy (non-hydrogen) atoms. The van der Waals surface area contributed by atoms with E-state index >= 15 is 0 Å². The Morgan fingerprint density at radius 2 is 1.85 bits per heavy atom. The van der Waals surface area contributed by atoms with Gasteiger partial charge in [-0.3, -0.25) is 25.0 Å². The number of methoxy groups -OCH3 is 1. The van der Waals surface area contributed by atoms with Gasteiger partial charge in [0.1, 0.15) is 11.6 Å². The van der Waals surface area contributed by atoms with Crippen molar-refractivity contribution in [3.05, 3.63) is 62.4 Å². The average Bonchev–Trinajstić information content (AvgIpc) is 2.59. The molecule has 10 nitrogen and oxygen atoms in total. The van der Waals surface area contributed by atoms with Crippen molar-refractivity contribution in [2.45, 2.75) is 0 Å². The summed E-state index contributed by atoms with van der Waals surface area (Å²) in [6.07, 6.45) is 0. The van der Waals surface area contributed by atoms with Crippen LogP contribution in [0.2, 0.25) is 0 Å². The largest absolute Gasteiger partial charge is 0.494 e. The second kappa shape index (κ2) is 7.88. The summed E-state index contributed by atoms with van der Waals surface area (Å²) in [4.78, 5) is 32.2. The monoisotopic (exact) mass is 365 g/mol. The van der Waals surface area contributed by atoms with Gasteiger partial charge in [-0.25, -0.2) is 4.39 Å².